The van der Waals surface area contributed by atoms with Gasteiger partial charge in [-0.05, 0) is 48.5 Å². The van der Waals surface area contributed by atoms with Gasteiger partial charge in [0.2, 0.25) is 0 Å². The summed E-state index contributed by atoms with van der Waals surface area (Å²) in [6, 6.07) is 15.2. The van der Waals surface area contributed by atoms with E-state index in [4.69, 9.17) is 16.3 Å². The van der Waals surface area contributed by atoms with Crippen molar-refractivity contribution in [1.82, 2.24) is 4.98 Å². The lowest BCUT2D eigenvalue weighted by Crippen LogP contribution is -2.36. The summed E-state index contributed by atoms with van der Waals surface area (Å²) in [5, 5.41) is 4.48. The first-order valence-corrected chi connectivity index (χ1v) is 8.59. The molecule has 2 N–H and O–H groups in total. The summed E-state index contributed by atoms with van der Waals surface area (Å²) in [5.41, 5.74) is 3.30. The van der Waals surface area contributed by atoms with Crippen LogP contribution in [0.1, 0.15) is 10.5 Å². The molecular weight excluding hydrogens is 338 g/mol. The van der Waals surface area contributed by atoms with Gasteiger partial charge in [0.1, 0.15) is 5.69 Å². The number of fused-ring (bicyclic) bond motifs is 1. The molecule has 1 aliphatic rings. The first-order chi connectivity index (χ1) is 12.2. The number of halogens is 1. The number of aromatic amines is 1. The van der Waals surface area contributed by atoms with E-state index in [9.17, 15) is 4.79 Å². The standard InChI is InChI=1S/C19H18ClN3O2/c20-14-1-6-17-13(11-14)12-18(22-17)19(24)21-15-2-4-16(5-3-15)23-7-9-25-10-8-23/h1-6,11-12,22H,7-10H2,(H,21,24). The number of ether oxygens (including phenoxy) is 1. The van der Waals surface area contributed by atoms with Crippen molar-refractivity contribution in [1.29, 1.82) is 0 Å². The largest absolute Gasteiger partial charge is 0.378 e. The van der Waals surface area contributed by atoms with Crippen molar-refractivity contribution in [3.63, 3.8) is 0 Å². The highest BCUT2D eigenvalue weighted by Gasteiger charge is 2.13. The Kier molecular flexibility index (Phi) is 4.34. The molecule has 1 aliphatic heterocycles. The molecule has 1 saturated heterocycles. The van der Waals surface area contributed by atoms with Crippen LogP contribution in [0.5, 0.6) is 0 Å². The molecule has 3 aromatic rings. The number of carbonyl (C=O) groups excluding carboxylic acids is 1. The molecule has 1 fully saturated rings. The average molecular weight is 356 g/mol. The zero-order chi connectivity index (χ0) is 17.2. The van der Waals surface area contributed by atoms with Crippen molar-refractivity contribution >= 4 is 39.8 Å². The molecule has 1 aromatic heterocycles. The maximum absolute atomic E-state index is 12.5. The van der Waals surface area contributed by atoms with E-state index in [1.165, 1.54) is 0 Å². The SMILES string of the molecule is O=C(Nc1ccc(N2CCOCC2)cc1)c1cc2cc(Cl)ccc2[nH]1. The Morgan fingerprint density at radius 2 is 1.84 bits per heavy atom. The molecule has 6 heteroatoms. The predicted molar refractivity (Wildman–Crippen MR) is 101 cm³/mol. The molecule has 0 atom stereocenters. The van der Waals surface area contributed by atoms with Gasteiger partial charge in [-0.25, -0.2) is 0 Å². The first-order valence-electron chi connectivity index (χ1n) is 8.21. The fourth-order valence-corrected chi connectivity index (χ4v) is 3.18. The topological polar surface area (TPSA) is 57.4 Å². The van der Waals surface area contributed by atoms with E-state index in [1.807, 2.05) is 36.4 Å². The molecule has 2 aromatic carbocycles. The number of nitrogens with zero attached hydrogens (tertiary/aromatic N) is 1. The lowest BCUT2D eigenvalue weighted by molar-refractivity contribution is 0.102. The minimum atomic E-state index is -0.175. The molecule has 128 valence electrons. The lowest BCUT2D eigenvalue weighted by atomic mass is 10.2. The third-order valence-corrected chi connectivity index (χ3v) is 4.56. The van der Waals surface area contributed by atoms with Gasteiger partial charge in [0.15, 0.2) is 0 Å². The van der Waals surface area contributed by atoms with Gasteiger partial charge in [0.05, 0.1) is 13.2 Å². The van der Waals surface area contributed by atoms with Gasteiger partial charge in [-0.3, -0.25) is 4.79 Å². The molecule has 0 saturated carbocycles. The van der Waals surface area contributed by atoms with Crippen LogP contribution in [0.4, 0.5) is 11.4 Å². The minimum absolute atomic E-state index is 0.175. The number of hydrogen-bond acceptors (Lipinski definition) is 3. The second-order valence-electron chi connectivity index (χ2n) is 6.02. The molecule has 1 amide bonds. The van der Waals surface area contributed by atoms with E-state index in [0.717, 1.165) is 48.6 Å². The highest BCUT2D eigenvalue weighted by atomic mass is 35.5. The van der Waals surface area contributed by atoms with Crippen LogP contribution in [0.15, 0.2) is 48.5 Å². The molecule has 4 rings (SSSR count). The van der Waals surface area contributed by atoms with Gasteiger partial charge in [-0.2, -0.15) is 0 Å². The number of aromatic nitrogens is 1. The summed E-state index contributed by atoms with van der Waals surface area (Å²) in [6.45, 7) is 3.29. The number of amides is 1. The Labute approximate surface area is 150 Å². The van der Waals surface area contributed by atoms with E-state index in [0.29, 0.717) is 10.7 Å². The zero-order valence-corrected chi connectivity index (χ0v) is 14.3. The van der Waals surface area contributed by atoms with E-state index >= 15 is 0 Å². The van der Waals surface area contributed by atoms with Crippen LogP contribution in [0, 0.1) is 0 Å². The average Bonchev–Trinajstić information content (AvgIpc) is 3.06. The van der Waals surface area contributed by atoms with Crippen molar-refractivity contribution in [2.24, 2.45) is 0 Å². The second kappa shape index (κ2) is 6.78. The van der Waals surface area contributed by atoms with Gasteiger partial charge in [0, 0.05) is 40.4 Å². The highest BCUT2D eigenvalue weighted by Crippen LogP contribution is 2.22. The number of morpholine rings is 1. The number of hydrogen-bond donors (Lipinski definition) is 2. The lowest BCUT2D eigenvalue weighted by Gasteiger charge is -2.28. The summed E-state index contributed by atoms with van der Waals surface area (Å²) < 4.78 is 5.37. The van der Waals surface area contributed by atoms with Gasteiger partial charge in [0.25, 0.3) is 5.91 Å². The quantitative estimate of drug-likeness (QED) is 0.749. The van der Waals surface area contributed by atoms with Gasteiger partial charge < -0.3 is 19.9 Å². The van der Waals surface area contributed by atoms with Crippen LogP contribution in [-0.4, -0.2) is 37.2 Å². The first kappa shape index (κ1) is 16.0. The van der Waals surface area contributed by atoms with Crippen LogP contribution in [0.3, 0.4) is 0 Å². The van der Waals surface area contributed by atoms with E-state index in [-0.39, 0.29) is 5.91 Å². The van der Waals surface area contributed by atoms with Crippen molar-refractivity contribution in [3.8, 4) is 0 Å². The van der Waals surface area contributed by atoms with Crippen LogP contribution in [0.25, 0.3) is 10.9 Å². The molecule has 0 radical (unpaired) electrons. The maximum Gasteiger partial charge on any atom is 0.272 e. The van der Waals surface area contributed by atoms with Crippen molar-refractivity contribution in [2.45, 2.75) is 0 Å². The van der Waals surface area contributed by atoms with Gasteiger partial charge >= 0.3 is 0 Å². The van der Waals surface area contributed by atoms with Crippen LogP contribution >= 0.6 is 11.6 Å². The Morgan fingerprint density at radius 1 is 1.08 bits per heavy atom. The number of nitrogens with one attached hydrogen (secondary N) is 2. The number of H-pyrrole nitrogens is 1. The van der Waals surface area contributed by atoms with E-state index < -0.39 is 0 Å². The van der Waals surface area contributed by atoms with Gasteiger partial charge in [-0.1, -0.05) is 11.6 Å². The summed E-state index contributed by atoms with van der Waals surface area (Å²) in [4.78, 5) is 17.8. The number of carbonyl (C=O) groups is 1. The summed E-state index contributed by atoms with van der Waals surface area (Å²) in [6.07, 6.45) is 0. The molecule has 0 spiro atoms. The summed E-state index contributed by atoms with van der Waals surface area (Å²) in [7, 11) is 0. The van der Waals surface area contributed by atoms with E-state index in [2.05, 4.69) is 15.2 Å². The van der Waals surface area contributed by atoms with Crippen molar-refractivity contribution in [2.75, 3.05) is 36.5 Å². The molecule has 5 nitrogen and oxygen atoms in total. The summed E-state index contributed by atoms with van der Waals surface area (Å²) in [5.74, 6) is -0.175. The normalized spacial score (nSPS) is 14.7. The van der Waals surface area contributed by atoms with Crippen LogP contribution in [0.2, 0.25) is 5.02 Å². The molecule has 0 aliphatic carbocycles. The Hall–Kier alpha value is -2.50. The molecule has 0 bridgehead atoms. The monoisotopic (exact) mass is 355 g/mol. The van der Waals surface area contributed by atoms with E-state index in [1.54, 1.807) is 12.1 Å². The third kappa shape index (κ3) is 3.48. The fourth-order valence-electron chi connectivity index (χ4n) is 3.00. The summed E-state index contributed by atoms with van der Waals surface area (Å²) >= 11 is 5.99. The Bertz CT molecular complexity index is 899. The molecular formula is C19H18ClN3O2. The van der Waals surface area contributed by atoms with Crippen LogP contribution < -0.4 is 10.2 Å². The zero-order valence-electron chi connectivity index (χ0n) is 13.6. The van der Waals surface area contributed by atoms with Crippen molar-refractivity contribution < 1.29 is 9.53 Å². The Balaban J connectivity index is 1.47. The number of anilines is 2. The molecule has 2 heterocycles. The number of rotatable bonds is 3. The van der Waals surface area contributed by atoms with Gasteiger partial charge in [-0.15, -0.1) is 0 Å². The highest BCUT2D eigenvalue weighted by molar-refractivity contribution is 6.31. The fraction of sp³-hybridized carbons (Fsp3) is 0.211. The maximum atomic E-state index is 12.5. The predicted octanol–water partition coefficient (Wildman–Crippen LogP) is 3.91. The minimum Gasteiger partial charge on any atom is -0.378 e. The molecule has 25 heavy (non-hydrogen) atoms. The molecule has 0 unspecified atom stereocenters. The second-order valence-corrected chi connectivity index (χ2v) is 6.45. The van der Waals surface area contributed by atoms with Crippen LogP contribution in [-0.2, 0) is 4.74 Å². The Morgan fingerprint density at radius 3 is 2.60 bits per heavy atom. The van der Waals surface area contributed by atoms with Crippen molar-refractivity contribution in [3.05, 3.63) is 59.2 Å². The number of benzene rings is 2. The smallest absolute Gasteiger partial charge is 0.272 e. The third-order valence-electron chi connectivity index (χ3n) is 4.33.